The Labute approximate surface area is 186 Å². The van der Waals surface area contributed by atoms with E-state index < -0.39 is 0 Å². The zero-order chi connectivity index (χ0) is 20.0. The second kappa shape index (κ2) is 7.78. The van der Waals surface area contributed by atoms with Gasteiger partial charge in [-0.05, 0) is 77.4 Å². The van der Waals surface area contributed by atoms with Crippen molar-refractivity contribution < 1.29 is 4.79 Å². The Morgan fingerprint density at radius 1 is 1.18 bits per heavy atom. The van der Waals surface area contributed by atoms with Gasteiger partial charge in [0.1, 0.15) is 4.91 Å². The molecule has 0 N–H and O–H groups in total. The maximum absolute atomic E-state index is 13.1. The lowest BCUT2D eigenvalue weighted by Crippen LogP contribution is -2.29. The lowest BCUT2D eigenvalue weighted by molar-refractivity contribution is -0.122. The summed E-state index contributed by atoms with van der Waals surface area (Å²) >= 11 is 12.7. The molecule has 0 atom stereocenters. The molecule has 2 heterocycles. The zero-order valence-electron chi connectivity index (χ0n) is 15.5. The summed E-state index contributed by atoms with van der Waals surface area (Å²) in [5, 5.41) is 2.30. The summed E-state index contributed by atoms with van der Waals surface area (Å²) in [7, 11) is 1.97. The first-order valence-corrected chi connectivity index (χ1v) is 11.5. The fourth-order valence-corrected chi connectivity index (χ4v) is 6.15. The number of thioether (sulfide) groups is 2. The number of amidine groups is 1. The molecule has 0 bridgehead atoms. The highest BCUT2D eigenvalue weighted by atomic mass is 79.9. The number of fused-ring (bicyclic) bond motifs is 1. The minimum Gasteiger partial charge on any atom is -0.337 e. The molecule has 2 aromatic carbocycles. The van der Waals surface area contributed by atoms with E-state index in [2.05, 4.69) is 15.9 Å². The van der Waals surface area contributed by atoms with Gasteiger partial charge < -0.3 is 4.90 Å². The molecule has 0 spiro atoms. The number of anilines is 1. The highest BCUT2D eigenvalue weighted by Crippen LogP contribution is 2.50. The van der Waals surface area contributed by atoms with Crippen LogP contribution >= 0.6 is 51.1 Å². The molecule has 1 amide bonds. The number of hydrogen-bond donors (Lipinski definition) is 0. The highest BCUT2D eigenvalue weighted by Gasteiger charge is 2.38. The fraction of sp³-hybridized carbons (Fsp3) is 0.200. The maximum Gasteiger partial charge on any atom is 0.269 e. The Balaban J connectivity index is 1.74. The van der Waals surface area contributed by atoms with Crippen molar-refractivity contribution in [1.82, 2.24) is 4.90 Å². The third kappa shape index (κ3) is 3.49. The van der Waals surface area contributed by atoms with Gasteiger partial charge in [0.05, 0.1) is 16.4 Å². The summed E-state index contributed by atoms with van der Waals surface area (Å²) in [6, 6.07) is 11.8. The fourth-order valence-electron chi connectivity index (χ4n) is 3.02. The van der Waals surface area contributed by atoms with Crippen molar-refractivity contribution in [2.24, 2.45) is 4.99 Å². The molecular weight excluding hydrogens is 478 g/mol. The van der Waals surface area contributed by atoms with Crippen LogP contribution < -0.4 is 4.90 Å². The molecule has 2 aliphatic rings. The first-order chi connectivity index (χ1) is 13.4. The van der Waals surface area contributed by atoms with Gasteiger partial charge in [-0.25, -0.2) is 4.99 Å². The molecule has 1 saturated heterocycles. The second-order valence-corrected chi connectivity index (χ2v) is 9.71. The van der Waals surface area contributed by atoms with Gasteiger partial charge in [0.25, 0.3) is 5.91 Å². The van der Waals surface area contributed by atoms with Crippen LogP contribution in [-0.4, -0.2) is 29.6 Å². The highest BCUT2D eigenvalue weighted by molar-refractivity contribution is 9.10. The maximum atomic E-state index is 13.1. The van der Waals surface area contributed by atoms with Gasteiger partial charge in [-0.1, -0.05) is 29.4 Å². The number of nitrogens with zero attached hydrogens (tertiary/aromatic N) is 3. The van der Waals surface area contributed by atoms with E-state index in [1.165, 1.54) is 11.8 Å². The van der Waals surface area contributed by atoms with E-state index in [4.69, 9.17) is 16.6 Å². The molecule has 4 nitrogen and oxygen atoms in total. The Morgan fingerprint density at radius 2 is 1.96 bits per heavy atom. The molecule has 28 heavy (non-hydrogen) atoms. The number of rotatable bonds is 2. The van der Waals surface area contributed by atoms with Crippen molar-refractivity contribution in [3.63, 3.8) is 0 Å². The molecule has 8 heteroatoms. The Hall–Kier alpha value is -1.41. The SMILES string of the molecule is CCN1C(=O)C(=C2Sc3ccc(Cl)cc3N2C)SC1=Nc1ccc(C)cc1Br. The van der Waals surface area contributed by atoms with Crippen LogP contribution in [0.1, 0.15) is 12.5 Å². The smallest absolute Gasteiger partial charge is 0.269 e. The number of hydrogen-bond acceptors (Lipinski definition) is 5. The van der Waals surface area contributed by atoms with Crippen LogP contribution in [0.5, 0.6) is 0 Å². The van der Waals surface area contributed by atoms with Crippen molar-refractivity contribution in [2.75, 3.05) is 18.5 Å². The van der Waals surface area contributed by atoms with Crippen molar-refractivity contribution in [3.8, 4) is 0 Å². The minimum absolute atomic E-state index is 0.0114. The summed E-state index contributed by atoms with van der Waals surface area (Å²) in [6.45, 7) is 4.57. The summed E-state index contributed by atoms with van der Waals surface area (Å²) in [6.07, 6.45) is 0. The van der Waals surface area contributed by atoms with Gasteiger partial charge in [0.2, 0.25) is 0 Å². The zero-order valence-corrected chi connectivity index (χ0v) is 19.5. The lowest BCUT2D eigenvalue weighted by atomic mass is 10.2. The lowest BCUT2D eigenvalue weighted by Gasteiger charge is -2.15. The van der Waals surface area contributed by atoms with Crippen LogP contribution in [0.25, 0.3) is 0 Å². The Kier molecular flexibility index (Phi) is 5.53. The quantitative estimate of drug-likeness (QED) is 0.452. The summed E-state index contributed by atoms with van der Waals surface area (Å²) in [5.74, 6) is -0.0114. The van der Waals surface area contributed by atoms with E-state index in [1.54, 1.807) is 16.7 Å². The van der Waals surface area contributed by atoms with Gasteiger partial charge in [0, 0.05) is 28.0 Å². The predicted octanol–water partition coefficient (Wildman–Crippen LogP) is 6.40. The molecule has 1 fully saturated rings. The molecule has 144 valence electrons. The van der Waals surface area contributed by atoms with Gasteiger partial charge in [-0.3, -0.25) is 9.69 Å². The molecule has 0 aromatic heterocycles. The van der Waals surface area contributed by atoms with Crippen LogP contribution in [0, 0.1) is 6.92 Å². The van der Waals surface area contributed by atoms with Gasteiger partial charge in [0.15, 0.2) is 5.17 Å². The monoisotopic (exact) mass is 493 g/mol. The first-order valence-electron chi connectivity index (χ1n) is 8.69. The van der Waals surface area contributed by atoms with Gasteiger partial charge in [-0.15, -0.1) is 0 Å². The largest absolute Gasteiger partial charge is 0.337 e. The summed E-state index contributed by atoms with van der Waals surface area (Å²) < 4.78 is 0.916. The van der Waals surface area contributed by atoms with Crippen molar-refractivity contribution in [1.29, 1.82) is 0 Å². The van der Waals surface area contributed by atoms with Crippen molar-refractivity contribution in [2.45, 2.75) is 18.7 Å². The molecular formula is C20H17BrClN3OS2. The molecule has 2 aromatic rings. The van der Waals surface area contributed by atoms with E-state index in [-0.39, 0.29) is 5.91 Å². The van der Waals surface area contributed by atoms with Crippen LogP contribution in [-0.2, 0) is 4.79 Å². The van der Waals surface area contributed by atoms with Crippen molar-refractivity contribution in [3.05, 3.63) is 61.4 Å². The van der Waals surface area contributed by atoms with E-state index in [0.717, 1.165) is 31.3 Å². The van der Waals surface area contributed by atoms with Crippen LogP contribution in [0.15, 0.2) is 60.7 Å². The van der Waals surface area contributed by atoms with E-state index in [0.29, 0.717) is 21.6 Å². The number of likely N-dealkylation sites (N-methyl/N-ethyl adjacent to an activating group) is 1. The third-order valence-electron chi connectivity index (χ3n) is 4.49. The topological polar surface area (TPSA) is 35.9 Å². The third-order valence-corrected chi connectivity index (χ3v) is 7.79. The molecule has 0 aliphatic carbocycles. The van der Waals surface area contributed by atoms with Crippen LogP contribution in [0.3, 0.4) is 0 Å². The number of amides is 1. The summed E-state index contributed by atoms with van der Waals surface area (Å²) in [4.78, 5) is 23.4. The molecule has 2 aliphatic heterocycles. The van der Waals surface area contributed by atoms with E-state index >= 15 is 0 Å². The van der Waals surface area contributed by atoms with E-state index in [1.807, 2.05) is 62.2 Å². The molecule has 0 saturated carbocycles. The number of aryl methyl sites for hydroxylation is 1. The number of benzene rings is 2. The standard InChI is InChI=1S/C20H17BrClN3OS2/c1-4-25-18(26)17(19-24(3)15-10-12(22)6-8-16(15)27-19)28-20(25)23-14-7-5-11(2)9-13(14)21/h5-10H,4H2,1-3H3. The number of halogens is 2. The average Bonchev–Trinajstić information content (AvgIpc) is 3.14. The second-order valence-electron chi connectivity index (χ2n) is 6.41. The first kappa shape index (κ1) is 19.9. The number of carbonyl (C=O) groups excluding carboxylic acids is 1. The minimum atomic E-state index is -0.0114. The average molecular weight is 495 g/mol. The number of carbonyl (C=O) groups is 1. The Morgan fingerprint density at radius 3 is 2.68 bits per heavy atom. The molecule has 4 rings (SSSR count). The van der Waals surface area contributed by atoms with Crippen LogP contribution in [0.4, 0.5) is 11.4 Å². The van der Waals surface area contributed by atoms with Gasteiger partial charge in [-0.2, -0.15) is 0 Å². The Bertz CT molecular complexity index is 1050. The van der Waals surface area contributed by atoms with E-state index in [9.17, 15) is 4.79 Å². The van der Waals surface area contributed by atoms with Crippen molar-refractivity contribution >= 4 is 73.5 Å². The van der Waals surface area contributed by atoms with Gasteiger partial charge >= 0.3 is 0 Å². The molecule has 0 unspecified atom stereocenters. The number of aliphatic imine (C=N–C) groups is 1. The predicted molar refractivity (Wildman–Crippen MR) is 124 cm³/mol. The molecule has 0 radical (unpaired) electrons. The van der Waals surface area contributed by atoms with Crippen LogP contribution in [0.2, 0.25) is 5.02 Å². The summed E-state index contributed by atoms with van der Waals surface area (Å²) in [5.41, 5.74) is 2.98. The normalized spacial score (nSPS) is 20.5.